The first-order valence-corrected chi connectivity index (χ1v) is 16.4. The minimum Gasteiger partial charge on any atom is -0.392 e. The molecule has 2 unspecified atom stereocenters. The molecule has 0 fully saturated rings. The second kappa shape index (κ2) is 13.8. The number of aliphatic hydroxyl groups is 2. The molecule has 1 aliphatic rings. The van der Waals surface area contributed by atoms with Crippen molar-refractivity contribution in [1.29, 1.82) is 0 Å². The Balaban J connectivity index is 0.000000297. The van der Waals surface area contributed by atoms with Gasteiger partial charge in [-0.2, -0.15) is 0 Å². The number of pyridine rings is 1. The summed E-state index contributed by atoms with van der Waals surface area (Å²) in [5.41, 5.74) is 8.62. The van der Waals surface area contributed by atoms with Crippen LogP contribution in [0.5, 0.6) is 0 Å². The third-order valence-electron chi connectivity index (χ3n) is 10.4. The van der Waals surface area contributed by atoms with E-state index in [9.17, 15) is 10.2 Å². The van der Waals surface area contributed by atoms with Gasteiger partial charge in [0.1, 0.15) is 0 Å². The van der Waals surface area contributed by atoms with Crippen LogP contribution in [0.3, 0.4) is 0 Å². The predicted molar refractivity (Wildman–Crippen MR) is 187 cm³/mol. The number of aliphatic hydroxyl groups excluding tert-OH is 2. The summed E-state index contributed by atoms with van der Waals surface area (Å²) < 4.78 is 0. The summed E-state index contributed by atoms with van der Waals surface area (Å²) in [5.74, 6) is 0. The molecular formula is C41H54IrNO2-. The first-order valence-electron chi connectivity index (χ1n) is 16.4. The van der Waals surface area contributed by atoms with E-state index in [0.717, 1.165) is 24.1 Å². The number of fused-ring (bicyclic) bond motifs is 5. The summed E-state index contributed by atoms with van der Waals surface area (Å²) in [5, 5.41) is 22.7. The molecule has 245 valence electrons. The van der Waals surface area contributed by atoms with Crippen molar-refractivity contribution in [3.05, 3.63) is 89.6 Å². The van der Waals surface area contributed by atoms with Crippen LogP contribution in [0.15, 0.2) is 66.9 Å². The summed E-state index contributed by atoms with van der Waals surface area (Å²) in [6.07, 6.45) is 3.39. The van der Waals surface area contributed by atoms with Crippen LogP contribution < -0.4 is 0 Å². The number of hydrogen-bond donors (Lipinski definition) is 2. The van der Waals surface area contributed by atoms with Crippen LogP contribution in [0.25, 0.3) is 33.2 Å². The van der Waals surface area contributed by atoms with Gasteiger partial charge in [0.2, 0.25) is 0 Å². The molecule has 1 radical (unpaired) electrons. The largest absolute Gasteiger partial charge is 0.392 e. The molecule has 4 aromatic rings. The fourth-order valence-corrected chi connectivity index (χ4v) is 6.05. The monoisotopic (exact) mass is 785 g/mol. The summed E-state index contributed by atoms with van der Waals surface area (Å²) in [7, 11) is 0. The molecule has 4 heteroatoms. The fraction of sp³-hybridized carbons (Fsp3) is 0.488. The van der Waals surface area contributed by atoms with E-state index in [4.69, 9.17) is 0 Å². The Morgan fingerprint density at radius 1 is 0.800 bits per heavy atom. The van der Waals surface area contributed by atoms with Gasteiger partial charge in [0.05, 0.1) is 12.2 Å². The number of nitrogens with zero attached hydrogens (tertiary/aromatic N) is 1. The molecule has 2 N–H and O–H groups in total. The normalized spacial score (nSPS) is 15.3. The molecule has 3 aromatic carbocycles. The Morgan fingerprint density at radius 3 is 1.98 bits per heavy atom. The van der Waals surface area contributed by atoms with Crippen molar-refractivity contribution in [3.8, 4) is 22.4 Å². The van der Waals surface area contributed by atoms with Crippen molar-refractivity contribution in [2.75, 3.05) is 0 Å². The SMILES string of the molecule is CC(C)(C)c1ccnc(-c2[c-]cc3c(c2)-c2ccc4ccccc4c2C3(C)C)c1.CCC(C)(C)C(O)CC(O)C(C)(C)CC.[Ir]. The molecular weight excluding hydrogens is 731 g/mol. The molecule has 0 spiro atoms. The van der Waals surface area contributed by atoms with E-state index in [1.807, 2.05) is 33.9 Å². The van der Waals surface area contributed by atoms with Crippen molar-refractivity contribution in [1.82, 2.24) is 4.98 Å². The van der Waals surface area contributed by atoms with Crippen molar-refractivity contribution in [3.63, 3.8) is 0 Å². The zero-order valence-electron chi connectivity index (χ0n) is 29.3. The molecule has 5 rings (SSSR count). The average molecular weight is 785 g/mol. The van der Waals surface area contributed by atoms with Gasteiger partial charge in [0.15, 0.2) is 0 Å². The van der Waals surface area contributed by atoms with Gasteiger partial charge in [0, 0.05) is 32.7 Å². The second-order valence-corrected chi connectivity index (χ2v) is 15.6. The van der Waals surface area contributed by atoms with Gasteiger partial charge in [0.25, 0.3) is 0 Å². The van der Waals surface area contributed by atoms with Gasteiger partial charge < -0.3 is 15.2 Å². The minimum absolute atomic E-state index is 0. The maximum atomic E-state index is 10.0. The molecule has 45 heavy (non-hydrogen) atoms. The summed E-state index contributed by atoms with van der Waals surface area (Å²) in [6, 6.07) is 25.6. The first kappa shape index (κ1) is 37.1. The third kappa shape index (κ3) is 7.62. The third-order valence-corrected chi connectivity index (χ3v) is 10.4. The van der Waals surface area contributed by atoms with Crippen molar-refractivity contribution >= 4 is 10.8 Å². The van der Waals surface area contributed by atoms with Crippen LogP contribution in [-0.4, -0.2) is 27.4 Å². The van der Waals surface area contributed by atoms with Crippen LogP contribution in [0.4, 0.5) is 0 Å². The van der Waals surface area contributed by atoms with Crippen LogP contribution in [0.1, 0.15) is 112 Å². The smallest absolute Gasteiger partial charge is 0.0615 e. The second-order valence-electron chi connectivity index (χ2n) is 15.6. The minimum atomic E-state index is -0.427. The Hall–Kier alpha value is -2.36. The number of aromatic nitrogens is 1. The van der Waals surface area contributed by atoms with Gasteiger partial charge >= 0.3 is 0 Å². The van der Waals surface area contributed by atoms with Crippen molar-refractivity contribution < 1.29 is 30.3 Å². The Morgan fingerprint density at radius 2 is 1.40 bits per heavy atom. The van der Waals surface area contributed by atoms with E-state index < -0.39 is 12.2 Å². The molecule has 1 aliphatic carbocycles. The maximum absolute atomic E-state index is 10.0. The molecule has 0 bridgehead atoms. The van der Waals surface area contributed by atoms with E-state index in [1.165, 1.54) is 38.6 Å². The topological polar surface area (TPSA) is 53.4 Å². The van der Waals surface area contributed by atoms with Gasteiger partial charge in [-0.15, -0.1) is 29.3 Å². The molecule has 3 nitrogen and oxygen atoms in total. The summed E-state index contributed by atoms with van der Waals surface area (Å²) in [4.78, 5) is 4.66. The van der Waals surface area contributed by atoms with E-state index >= 15 is 0 Å². The Labute approximate surface area is 286 Å². The van der Waals surface area contributed by atoms with Crippen molar-refractivity contribution in [2.24, 2.45) is 10.8 Å². The number of hydrogen-bond acceptors (Lipinski definition) is 3. The Kier molecular flexibility index (Phi) is 11.4. The van der Waals surface area contributed by atoms with Gasteiger partial charge in [-0.05, 0) is 73.7 Å². The van der Waals surface area contributed by atoms with Crippen LogP contribution in [0, 0.1) is 16.9 Å². The van der Waals surface area contributed by atoms with Crippen molar-refractivity contribution in [2.45, 2.75) is 118 Å². The zero-order valence-corrected chi connectivity index (χ0v) is 31.7. The molecule has 1 heterocycles. The first-order chi connectivity index (χ1) is 20.4. The summed E-state index contributed by atoms with van der Waals surface area (Å²) >= 11 is 0. The number of benzene rings is 3. The van der Waals surface area contributed by atoms with Gasteiger partial charge in [-0.25, -0.2) is 0 Å². The van der Waals surface area contributed by atoms with Gasteiger partial charge in [-0.3, -0.25) is 0 Å². The number of rotatable bonds is 7. The maximum Gasteiger partial charge on any atom is 0.0615 e. The molecule has 0 amide bonds. The Bertz CT molecular complexity index is 1590. The molecule has 2 atom stereocenters. The van der Waals surface area contributed by atoms with Crippen LogP contribution in [-0.2, 0) is 30.9 Å². The van der Waals surface area contributed by atoms with E-state index in [0.29, 0.717) is 6.42 Å². The molecule has 0 aliphatic heterocycles. The predicted octanol–water partition coefficient (Wildman–Crippen LogP) is 10.3. The van der Waals surface area contributed by atoms with E-state index in [1.54, 1.807) is 0 Å². The van der Waals surface area contributed by atoms with E-state index in [-0.39, 0.29) is 41.8 Å². The van der Waals surface area contributed by atoms with Crippen LogP contribution in [0.2, 0.25) is 0 Å². The molecule has 0 saturated heterocycles. The fourth-order valence-electron chi connectivity index (χ4n) is 6.05. The zero-order chi connectivity index (χ0) is 32.7. The average Bonchev–Trinajstić information content (AvgIpc) is 3.23. The van der Waals surface area contributed by atoms with Crippen LogP contribution >= 0.6 is 0 Å². The summed E-state index contributed by atoms with van der Waals surface area (Å²) in [6.45, 7) is 23.7. The molecule has 0 saturated carbocycles. The molecule has 1 aromatic heterocycles. The van der Waals surface area contributed by atoms with Gasteiger partial charge in [-0.1, -0.05) is 124 Å². The standard InChI is InChI=1S/C28H26N.C13H28O2.Ir/c1-27(2,3)20-14-15-29-25(17-20)19-11-13-24-23(16-19)22-12-10-18-8-6-7-9-21(18)26(22)28(24,4)5;1-7-12(3,4)10(14)9-11(15)13(5,6)8-2;/h6-10,12-17H,1-5H3;10-11,14-15H,7-9H2,1-6H3;/q-1;;. The quantitative estimate of drug-likeness (QED) is 0.184. The van der Waals surface area contributed by atoms with E-state index in [2.05, 4.69) is 120 Å².